The van der Waals surface area contributed by atoms with Crippen LogP contribution in [0.4, 0.5) is 0 Å². The zero-order chi connectivity index (χ0) is 13.0. The lowest BCUT2D eigenvalue weighted by atomic mass is 9.82. The molecular weight excluding hydrogens is 238 g/mol. The third kappa shape index (κ3) is 2.81. The summed E-state index contributed by atoms with van der Waals surface area (Å²) in [6.45, 7) is 1.94. The Balaban J connectivity index is 1.89. The number of amides is 1. The number of carboxylic acids is 1. The van der Waals surface area contributed by atoms with Crippen LogP contribution < -0.4 is 5.32 Å². The third-order valence-corrected chi connectivity index (χ3v) is 3.68. The topological polar surface area (TPSA) is 84.9 Å². The number of nitrogens with one attached hydrogen (secondary N) is 1. The number of carbonyl (C=O) groups excluding carboxylic acids is 1. The SMILES string of the molecule is O=C(NCC1(C(=O)O)CCCOC1)C1CCOC1. The highest BCUT2D eigenvalue weighted by atomic mass is 16.5. The lowest BCUT2D eigenvalue weighted by Crippen LogP contribution is -2.49. The monoisotopic (exact) mass is 257 g/mol. The van der Waals surface area contributed by atoms with E-state index in [9.17, 15) is 14.7 Å². The van der Waals surface area contributed by atoms with E-state index in [1.165, 1.54) is 0 Å². The quantitative estimate of drug-likeness (QED) is 0.741. The van der Waals surface area contributed by atoms with Gasteiger partial charge in [0.2, 0.25) is 5.91 Å². The fraction of sp³-hybridized carbons (Fsp3) is 0.833. The summed E-state index contributed by atoms with van der Waals surface area (Å²) >= 11 is 0. The number of carbonyl (C=O) groups is 2. The molecule has 2 aliphatic rings. The minimum Gasteiger partial charge on any atom is -0.481 e. The van der Waals surface area contributed by atoms with Crippen LogP contribution in [0.3, 0.4) is 0 Å². The minimum atomic E-state index is -0.965. The van der Waals surface area contributed by atoms with E-state index in [0.29, 0.717) is 39.1 Å². The maximum atomic E-state index is 11.8. The predicted octanol–water partition coefficient (Wildman–Crippen LogP) is 0.0205. The highest BCUT2D eigenvalue weighted by molar-refractivity contribution is 5.81. The molecule has 0 radical (unpaired) electrons. The maximum absolute atomic E-state index is 11.8. The Morgan fingerprint density at radius 2 is 2.17 bits per heavy atom. The first-order valence-corrected chi connectivity index (χ1v) is 6.31. The molecule has 0 bridgehead atoms. The summed E-state index contributed by atoms with van der Waals surface area (Å²) in [4.78, 5) is 23.2. The zero-order valence-electron chi connectivity index (χ0n) is 10.3. The van der Waals surface area contributed by atoms with Gasteiger partial charge < -0.3 is 19.9 Å². The van der Waals surface area contributed by atoms with Gasteiger partial charge in [-0.2, -0.15) is 0 Å². The van der Waals surface area contributed by atoms with Crippen molar-refractivity contribution in [3.8, 4) is 0 Å². The molecule has 0 aliphatic carbocycles. The summed E-state index contributed by atoms with van der Waals surface area (Å²) in [5.41, 5.74) is -0.965. The van der Waals surface area contributed by atoms with E-state index >= 15 is 0 Å². The average molecular weight is 257 g/mol. The molecule has 18 heavy (non-hydrogen) atoms. The molecule has 1 amide bonds. The molecule has 0 saturated carbocycles. The van der Waals surface area contributed by atoms with Gasteiger partial charge in [-0.05, 0) is 19.3 Å². The summed E-state index contributed by atoms with van der Waals surface area (Å²) in [6.07, 6.45) is 1.97. The van der Waals surface area contributed by atoms with E-state index in [1.807, 2.05) is 0 Å². The summed E-state index contributed by atoms with van der Waals surface area (Å²) < 4.78 is 10.4. The molecule has 6 heteroatoms. The Labute approximate surface area is 106 Å². The Morgan fingerprint density at radius 1 is 1.33 bits per heavy atom. The first-order chi connectivity index (χ1) is 8.64. The number of carboxylic acid groups (broad SMARTS) is 1. The van der Waals surface area contributed by atoms with Crippen LogP contribution in [0.15, 0.2) is 0 Å². The molecule has 2 unspecified atom stereocenters. The Hall–Kier alpha value is -1.14. The summed E-state index contributed by atoms with van der Waals surface area (Å²) in [5, 5.41) is 12.0. The van der Waals surface area contributed by atoms with Crippen molar-refractivity contribution in [2.75, 3.05) is 33.0 Å². The van der Waals surface area contributed by atoms with Crippen molar-refractivity contribution in [3.05, 3.63) is 0 Å². The molecule has 2 fully saturated rings. The van der Waals surface area contributed by atoms with E-state index < -0.39 is 11.4 Å². The molecule has 0 aromatic heterocycles. The van der Waals surface area contributed by atoms with E-state index in [-0.39, 0.29) is 25.0 Å². The molecular formula is C12H19NO5. The van der Waals surface area contributed by atoms with Crippen molar-refractivity contribution in [1.82, 2.24) is 5.32 Å². The number of hydrogen-bond acceptors (Lipinski definition) is 4. The van der Waals surface area contributed by atoms with Crippen LogP contribution in [0.5, 0.6) is 0 Å². The van der Waals surface area contributed by atoms with Gasteiger partial charge in [-0.3, -0.25) is 9.59 Å². The van der Waals surface area contributed by atoms with Gasteiger partial charge in [-0.1, -0.05) is 0 Å². The van der Waals surface area contributed by atoms with Crippen molar-refractivity contribution in [3.63, 3.8) is 0 Å². The average Bonchev–Trinajstić information content (AvgIpc) is 2.91. The first kappa shape index (κ1) is 13.3. The molecule has 2 saturated heterocycles. The summed E-state index contributed by atoms with van der Waals surface area (Å²) in [5.74, 6) is -1.15. The van der Waals surface area contributed by atoms with E-state index in [1.54, 1.807) is 0 Å². The second kappa shape index (κ2) is 5.67. The highest BCUT2D eigenvalue weighted by Crippen LogP contribution is 2.28. The van der Waals surface area contributed by atoms with Gasteiger partial charge >= 0.3 is 5.97 Å². The number of ether oxygens (including phenoxy) is 2. The minimum absolute atomic E-state index is 0.112. The van der Waals surface area contributed by atoms with Crippen molar-refractivity contribution >= 4 is 11.9 Å². The molecule has 2 heterocycles. The second-order valence-corrected chi connectivity index (χ2v) is 5.02. The number of rotatable bonds is 4. The normalized spacial score (nSPS) is 32.1. The van der Waals surface area contributed by atoms with Crippen molar-refractivity contribution < 1.29 is 24.2 Å². The van der Waals surface area contributed by atoms with E-state index in [2.05, 4.69) is 5.32 Å². The molecule has 2 aliphatic heterocycles. The fourth-order valence-corrected chi connectivity index (χ4v) is 2.38. The lowest BCUT2D eigenvalue weighted by Gasteiger charge is -2.33. The van der Waals surface area contributed by atoms with Crippen molar-refractivity contribution in [1.29, 1.82) is 0 Å². The molecule has 102 valence electrons. The molecule has 2 N–H and O–H groups in total. The van der Waals surface area contributed by atoms with Gasteiger partial charge in [0.1, 0.15) is 5.41 Å². The zero-order valence-corrected chi connectivity index (χ0v) is 10.3. The molecule has 0 aromatic rings. The van der Waals surface area contributed by atoms with Gasteiger partial charge in [0.15, 0.2) is 0 Å². The van der Waals surface area contributed by atoms with Gasteiger partial charge in [-0.15, -0.1) is 0 Å². The van der Waals surface area contributed by atoms with Crippen molar-refractivity contribution in [2.24, 2.45) is 11.3 Å². The Bertz CT molecular complexity index is 318. The van der Waals surface area contributed by atoms with Gasteiger partial charge in [-0.25, -0.2) is 0 Å². The van der Waals surface area contributed by atoms with Crippen LogP contribution >= 0.6 is 0 Å². The van der Waals surface area contributed by atoms with E-state index in [0.717, 1.165) is 0 Å². The van der Waals surface area contributed by atoms with Crippen molar-refractivity contribution in [2.45, 2.75) is 19.3 Å². The standard InChI is InChI=1S/C12H19NO5/c14-10(9-2-5-17-6-9)13-7-12(11(15)16)3-1-4-18-8-12/h9H,1-8H2,(H,13,14)(H,15,16). The lowest BCUT2D eigenvalue weighted by molar-refractivity contribution is -0.157. The molecule has 2 atom stereocenters. The summed E-state index contributed by atoms with van der Waals surface area (Å²) in [6, 6.07) is 0. The van der Waals surface area contributed by atoms with Crippen LogP contribution in [0, 0.1) is 11.3 Å². The van der Waals surface area contributed by atoms with E-state index in [4.69, 9.17) is 9.47 Å². The van der Waals surface area contributed by atoms with Crippen LogP contribution in [0.25, 0.3) is 0 Å². The van der Waals surface area contributed by atoms with Crippen LogP contribution in [0.2, 0.25) is 0 Å². The second-order valence-electron chi connectivity index (χ2n) is 5.02. The van der Waals surface area contributed by atoms with Gasteiger partial charge in [0.05, 0.1) is 19.1 Å². The van der Waals surface area contributed by atoms with Crippen LogP contribution in [-0.2, 0) is 19.1 Å². The Morgan fingerprint density at radius 3 is 2.72 bits per heavy atom. The van der Waals surface area contributed by atoms with Crippen LogP contribution in [0.1, 0.15) is 19.3 Å². The molecule has 0 aromatic carbocycles. The fourth-order valence-electron chi connectivity index (χ4n) is 2.38. The maximum Gasteiger partial charge on any atom is 0.313 e. The van der Waals surface area contributed by atoms with Crippen LogP contribution in [-0.4, -0.2) is 50.0 Å². The Kier molecular flexibility index (Phi) is 4.19. The number of aliphatic carboxylic acids is 1. The predicted molar refractivity (Wildman–Crippen MR) is 62.1 cm³/mol. The molecule has 0 spiro atoms. The smallest absolute Gasteiger partial charge is 0.313 e. The van der Waals surface area contributed by atoms with Gasteiger partial charge in [0.25, 0.3) is 0 Å². The highest BCUT2D eigenvalue weighted by Gasteiger charge is 2.41. The number of hydrogen-bond donors (Lipinski definition) is 2. The first-order valence-electron chi connectivity index (χ1n) is 6.31. The molecule has 2 rings (SSSR count). The van der Waals surface area contributed by atoms with Gasteiger partial charge in [0, 0.05) is 19.8 Å². The summed E-state index contributed by atoms with van der Waals surface area (Å²) in [7, 11) is 0. The largest absolute Gasteiger partial charge is 0.481 e. The molecule has 6 nitrogen and oxygen atoms in total. The third-order valence-electron chi connectivity index (χ3n) is 3.68.